The Kier molecular flexibility index (Phi) is 8.65. The molecule has 0 spiro atoms. The summed E-state index contributed by atoms with van der Waals surface area (Å²) in [6, 6.07) is 4.74. The molecule has 1 amide bonds. The third-order valence-corrected chi connectivity index (χ3v) is 3.91. The lowest BCUT2D eigenvalue weighted by Gasteiger charge is -2.31. The van der Waals surface area contributed by atoms with Crippen molar-refractivity contribution in [3.8, 4) is 0 Å². The molecule has 0 unspecified atom stereocenters. The molecule has 1 aliphatic heterocycles. The van der Waals surface area contributed by atoms with Gasteiger partial charge in [-0.15, -0.1) is 12.4 Å². The van der Waals surface area contributed by atoms with Crippen LogP contribution in [0.4, 0.5) is 9.18 Å². The second kappa shape index (κ2) is 10.2. The van der Waals surface area contributed by atoms with Crippen LogP contribution >= 0.6 is 12.4 Å². The van der Waals surface area contributed by atoms with E-state index in [1.165, 1.54) is 19.1 Å². The molecule has 1 fully saturated rings. The molecular weight excluding hydrogens is 351 g/mol. The number of nitrogens with one attached hydrogen (secondary N) is 2. The highest BCUT2D eigenvalue weighted by molar-refractivity contribution is 5.85. The van der Waals surface area contributed by atoms with Crippen LogP contribution in [0.5, 0.6) is 0 Å². The minimum absolute atomic E-state index is 0. The normalized spacial score (nSPS) is 19.5. The number of piperidine rings is 1. The SMILES string of the molecule is CC(=O)OCCNC(=O)O[C@H]1CCN[C@@H](c2ccc(F)cc2C)C1.Cl. The maximum Gasteiger partial charge on any atom is 0.407 e. The molecule has 6 nitrogen and oxygen atoms in total. The standard InChI is InChI=1S/C17H23FN2O4.ClH/c1-11-9-13(18)3-4-15(11)16-10-14(5-6-19-16)24-17(22)20-7-8-23-12(2)21;/h3-4,9,14,16,19H,5-8,10H2,1-2H3,(H,20,22);1H/t14-,16+;/m0./s1. The summed E-state index contributed by atoms with van der Waals surface area (Å²) in [7, 11) is 0. The van der Waals surface area contributed by atoms with Crippen LogP contribution in [0, 0.1) is 12.7 Å². The van der Waals surface area contributed by atoms with Gasteiger partial charge in [-0.2, -0.15) is 0 Å². The van der Waals surface area contributed by atoms with Crippen molar-refractivity contribution >= 4 is 24.5 Å². The van der Waals surface area contributed by atoms with Crippen LogP contribution < -0.4 is 10.6 Å². The summed E-state index contributed by atoms with van der Waals surface area (Å²) in [6.45, 7) is 4.22. The molecule has 0 aromatic heterocycles. The van der Waals surface area contributed by atoms with Crippen molar-refractivity contribution in [2.75, 3.05) is 19.7 Å². The van der Waals surface area contributed by atoms with Crippen LogP contribution in [0.1, 0.15) is 36.9 Å². The molecule has 0 radical (unpaired) electrons. The molecule has 140 valence electrons. The Labute approximate surface area is 152 Å². The van der Waals surface area contributed by atoms with Gasteiger partial charge >= 0.3 is 12.1 Å². The lowest BCUT2D eigenvalue weighted by molar-refractivity contribution is -0.140. The summed E-state index contributed by atoms with van der Waals surface area (Å²) in [5.74, 6) is -0.645. The Hall–Kier alpha value is -1.86. The van der Waals surface area contributed by atoms with E-state index in [2.05, 4.69) is 10.6 Å². The molecular formula is C17H24ClFN2O4. The largest absolute Gasteiger partial charge is 0.464 e. The predicted molar refractivity (Wildman–Crippen MR) is 93.3 cm³/mol. The van der Waals surface area contributed by atoms with Gasteiger partial charge in [-0.3, -0.25) is 4.79 Å². The third-order valence-electron chi connectivity index (χ3n) is 3.91. The molecule has 25 heavy (non-hydrogen) atoms. The highest BCUT2D eigenvalue weighted by Crippen LogP contribution is 2.27. The molecule has 0 saturated carbocycles. The third kappa shape index (κ3) is 6.88. The fourth-order valence-corrected chi connectivity index (χ4v) is 2.80. The van der Waals surface area contributed by atoms with Crippen molar-refractivity contribution in [3.05, 3.63) is 35.1 Å². The maximum atomic E-state index is 13.2. The van der Waals surface area contributed by atoms with Crippen LogP contribution in [0.2, 0.25) is 0 Å². The zero-order valence-corrected chi connectivity index (χ0v) is 15.2. The van der Waals surface area contributed by atoms with Crippen LogP contribution in [-0.4, -0.2) is 37.9 Å². The monoisotopic (exact) mass is 374 g/mol. The topological polar surface area (TPSA) is 76.7 Å². The Morgan fingerprint density at radius 1 is 1.40 bits per heavy atom. The molecule has 1 heterocycles. The minimum atomic E-state index is -0.524. The van der Waals surface area contributed by atoms with Gasteiger partial charge in [0.05, 0.1) is 6.54 Å². The van der Waals surface area contributed by atoms with E-state index in [1.54, 1.807) is 6.07 Å². The molecule has 2 atom stereocenters. The van der Waals surface area contributed by atoms with Gasteiger partial charge in [-0.05, 0) is 43.1 Å². The number of carbonyl (C=O) groups is 2. The molecule has 1 saturated heterocycles. The molecule has 0 aliphatic carbocycles. The smallest absolute Gasteiger partial charge is 0.407 e. The molecule has 0 bridgehead atoms. The number of alkyl carbamates (subject to hydrolysis) is 1. The van der Waals surface area contributed by atoms with Gasteiger partial charge < -0.3 is 20.1 Å². The molecule has 1 aromatic rings. The van der Waals surface area contributed by atoms with Crippen molar-refractivity contribution < 1.29 is 23.5 Å². The Bertz CT molecular complexity index is 600. The summed E-state index contributed by atoms with van der Waals surface area (Å²) in [6.07, 6.45) is 0.607. The van der Waals surface area contributed by atoms with Crippen molar-refractivity contribution in [3.63, 3.8) is 0 Å². The lowest BCUT2D eigenvalue weighted by atomic mass is 9.92. The van der Waals surface area contributed by atoms with Crippen molar-refractivity contribution in [1.82, 2.24) is 10.6 Å². The van der Waals surface area contributed by atoms with Crippen LogP contribution in [0.3, 0.4) is 0 Å². The fourth-order valence-electron chi connectivity index (χ4n) is 2.80. The van der Waals surface area contributed by atoms with Gasteiger partial charge in [0.25, 0.3) is 0 Å². The van der Waals surface area contributed by atoms with E-state index < -0.39 is 6.09 Å². The number of benzene rings is 1. The van der Waals surface area contributed by atoms with Crippen LogP contribution in [0.25, 0.3) is 0 Å². The fraction of sp³-hybridized carbons (Fsp3) is 0.529. The van der Waals surface area contributed by atoms with E-state index in [1.807, 2.05) is 6.92 Å². The number of rotatable bonds is 5. The zero-order valence-electron chi connectivity index (χ0n) is 14.3. The number of halogens is 2. The van der Waals surface area contributed by atoms with E-state index in [0.29, 0.717) is 19.4 Å². The molecule has 8 heteroatoms. The molecule has 2 N–H and O–H groups in total. The Morgan fingerprint density at radius 3 is 2.84 bits per heavy atom. The Morgan fingerprint density at radius 2 is 2.16 bits per heavy atom. The first kappa shape index (κ1) is 21.2. The molecule has 1 aromatic carbocycles. The minimum Gasteiger partial charge on any atom is -0.464 e. The highest BCUT2D eigenvalue weighted by Gasteiger charge is 2.26. The average Bonchev–Trinajstić information content (AvgIpc) is 2.51. The van der Waals surface area contributed by atoms with Crippen molar-refractivity contribution in [1.29, 1.82) is 0 Å². The molecule has 1 aliphatic rings. The first-order valence-corrected chi connectivity index (χ1v) is 8.03. The van der Waals surface area contributed by atoms with Gasteiger partial charge in [0.15, 0.2) is 0 Å². The predicted octanol–water partition coefficient (Wildman–Crippen LogP) is 2.64. The van der Waals surface area contributed by atoms with Gasteiger partial charge in [0.1, 0.15) is 18.5 Å². The highest BCUT2D eigenvalue weighted by atomic mass is 35.5. The van der Waals surface area contributed by atoms with E-state index in [4.69, 9.17) is 9.47 Å². The molecule has 2 rings (SSSR count). The average molecular weight is 375 g/mol. The number of amides is 1. The number of hydrogen-bond acceptors (Lipinski definition) is 5. The van der Waals surface area contributed by atoms with E-state index in [0.717, 1.165) is 11.1 Å². The quantitative estimate of drug-likeness (QED) is 0.612. The lowest BCUT2D eigenvalue weighted by Crippen LogP contribution is -2.39. The van der Waals surface area contributed by atoms with Gasteiger partial charge in [-0.25, -0.2) is 9.18 Å². The van der Waals surface area contributed by atoms with E-state index in [9.17, 15) is 14.0 Å². The number of aryl methyl sites for hydroxylation is 1. The van der Waals surface area contributed by atoms with E-state index >= 15 is 0 Å². The van der Waals surface area contributed by atoms with Crippen molar-refractivity contribution in [2.45, 2.75) is 38.8 Å². The first-order chi connectivity index (χ1) is 11.5. The summed E-state index contributed by atoms with van der Waals surface area (Å²) >= 11 is 0. The van der Waals surface area contributed by atoms with Gasteiger partial charge in [-0.1, -0.05) is 6.07 Å². The summed E-state index contributed by atoms with van der Waals surface area (Å²) in [4.78, 5) is 22.4. The summed E-state index contributed by atoms with van der Waals surface area (Å²) in [5.41, 5.74) is 1.89. The summed E-state index contributed by atoms with van der Waals surface area (Å²) in [5, 5.41) is 5.92. The zero-order chi connectivity index (χ0) is 17.5. The Balaban J connectivity index is 0.00000312. The van der Waals surface area contributed by atoms with Crippen molar-refractivity contribution in [2.24, 2.45) is 0 Å². The number of hydrogen-bond donors (Lipinski definition) is 2. The second-order valence-electron chi connectivity index (χ2n) is 5.83. The number of carbonyl (C=O) groups excluding carboxylic acids is 2. The van der Waals surface area contributed by atoms with Crippen LogP contribution in [0.15, 0.2) is 18.2 Å². The second-order valence-corrected chi connectivity index (χ2v) is 5.83. The van der Waals surface area contributed by atoms with Crippen LogP contribution in [-0.2, 0) is 14.3 Å². The van der Waals surface area contributed by atoms with E-state index in [-0.39, 0.29) is 49.5 Å². The summed E-state index contributed by atoms with van der Waals surface area (Å²) < 4.78 is 23.4. The van der Waals surface area contributed by atoms with Gasteiger partial charge in [0, 0.05) is 19.4 Å². The maximum absolute atomic E-state index is 13.2. The number of ether oxygens (including phenoxy) is 2. The number of esters is 1. The first-order valence-electron chi connectivity index (χ1n) is 8.03. The van der Waals surface area contributed by atoms with Gasteiger partial charge in [0.2, 0.25) is 0 Å².